The van der Waals surface area contributed by atoms with Crippen molar-refractivity contribution in [1.29, 1.82) is 0 Å². The van der Waals surface area contributed by atoms with Crippen LogP contribution in [0.1, 0.15) is 17.1 Å². The highest BCUT2D eigenvalue weighted by Crippen LogP contribution is 2.21. The fourth-order valence-electron chi connectivity index (χ4n) is 2.74. The maximum absolute atomic E-state index is 12.3. The van der Waals surface area contributed by atoms with Gasteiger partial charge < -0.3 is 9.30 Å². The molecule has 0 atom stereocenters. The molecule has 0 saturated heterocycles. The van der Waals surface area contributed by atoms with Gasteiger partial charge in [0.15, 0.2) is 11.0 Å². The van der Waals surface area contributed by atoms with Crippen molar-refractivity contribution in [3.63, 3.8) is 0 Å². The van der Waals surface area contributed by atoms with Crippen molar-refractivity contribution in [3.05, 3.63) is 81.1 Å². The van der Waals surface area contributed by atoms with Gasteiger partial charge in [-0.2, -0.15) is 0 Å². The van der Waals surface area contributed by atoms with Crippen LogP contribution in [0.3, 0.4) is 0 Å². The second-order valence-electron chi connectivity index (χ2n) is 6.51. The molecule has 0 aliphatic rings. The fraction of sp³-hybridized carbons (Fsp3) is 0.200. The first-order chi connectivity index (χ1) is 14.0. The molecule has 0 aliphatic carbocycles. The lowest BCUT2D eigenvalue weighted by Gasteiger charge is -2.07. The monoisotopic (exact) mass is 427 g/mol. The van der Waals surface area contributed by atoms with E-state index in [1.165, 1.54) is 16.2 Å². The number of hydrogen-bond acceptors (Lipinski definition) is 6. The van der Waals surface area contributed by atoms with Crippen LogP contribution in [0.4, 0.5) is 0 Å². The number of pyridine rings is 1. The lowest BCUT2D eigenvalue weighted by molar-refractivity contribution is 0.290. The lowest BCUT2D eigenvalue weighted by Crippen LogP contribution is -2.15. The SMILES string of the molecule is Cc1ccn2c(=O)cc(CSc3nnc(COc4ccc(Cl)cc4)n3C)nc2c1. The second kappa shape index (κ2) is 8.26. The van der Waals surface area contributed by atoms with Crippen molar-refractivity contribution < 1.29 is 4.74 Å². The van der Waals surface area contributed by atoms with Crippen LogP contribution in [0.15, 0.2) is 58.6 Å². The number of aromatic nitrogens is 5. The summed E-state index contributed by atoms with van der Waals surface area (Å²) in [6.45, 7) is 2.27. The van der Waals surface area contributed by atoms with Crippen LogP contribution in [0.2, 0.25) is 5.02 Å². The summed E-state index contributed by atoms with van der Waals surface area (Å²) in [6, 6.07) is 12.5. The Kier molecular flexibility index (Phi) is 5.55. The van der Waals surface area contributed by atoms with E-state index in [2.05, 4.69) is 15.2 Å². The number of benzene rings is 1. The smallest absolute Gasteiger partial charge is 0.258 e. The molecule has 1 aromatic carbocycles. The molecule has 4 aromatic rings. The van der Waals surface area contributed by atoms with Crippen LogP contribution in [-0.4, -0.2) is 24.1 Å². The van der Waals surface area contributed by atoms with Gasteiger partial charge in [-0.25, -0.2) is 4.98 Å². The van der Waals surface area contributed by atoms with E-state index < -0.39 is 0 Å². The van der Waals surface area contributed by atoms with Gasteiger partial charge in [0.25, 0.3) is 5.56 Å². The van der Waals surface area contributed by atoms with Crippen LogP contribution in [0.25, 0.3) is 5.65 Å². The van der Waals surface area contributed by atoms with Gasteiger partial charge in [0, 0.05) is 30.1 Å². The van der Waals surface area contributed by atoms with E-state index >= 15 is 0 Å². The molecule has 0 saturated carbocycles. The number of hydrogen-bond donors (Lipinski definition) is 0. The number of ether oxygens (including phenoxy) is 1. The molecule has 0 bridgehead atoms. The number of rotatable bonds is 6. The quantitative estimate of drug-likeness (QED) is 0.437. The van der Waals surface area contributed by atoms with E-state index in [0.717, 1.165) is 10.7 Å². The standard InChI is InChI=1S/C20H18ClN5O2S/c1-13-7-8-26-17(9-13)22-15(10-19(26)27)12-29-20-24-23-18(25(20)2)11-28-16-5-3-14(21)4-6-16/h3-10H,11-12H2,1-2H3. The predicted octanol–water partition coefficient (Wildman–Crippen LogP) is 3.66. The Balaban J connectivity index is 1.44. The minimum absolute atomic E-state index is 0.0966. The van der Waals surface area contributed by atoms with Crippen LogP contribution < -0.4 is 10.3 Å². The molecule has 9 heteroatoms. The Hall–Kier alpha value is -2.84. The molecule has 4 rings (SSSR count). The van der Waals surface area contributed by atoms with Crippen molar-refractivity contribution in [2.75, 3.05) is 0 Å². The first-order valence-corrected chi connectivity index (χ1v) is 10.2. The molecule has 0 radical (unpaired) electrons. The van der Waals surface area contributed by atoms with Gasteiger partial charge in [-0.1, -0.05) is 23.4 Å². The summed E-state index contributed by atoms with van der Waals surface area (Å²) in [4.78, 5) is 16.9. The molecule has 3 heterocycles. The Labute approximate surface area is 176 Å². The van der Waals surface area contributed by atoms with Crippen LogP contribution in [0.5, 0.6) is 5.75 Å². The molecule has 29 heavy (non-hydrogen) atoms. The van der Waals surface area contributed by atoms with E-state index in [-0.39, 0.29) is 5.56 Å². The van der Waals surface area contributed by atoms with Gasteiger partial charge in [0.1, 0.15) is 18.0 Å². The molecule has 0 spiro atoms. The molecular formula is C20H18ClN5O2S. The molecular weight excluding hydrogens is 410 g/mol. The Bertz CT molecular complexity index is 1220. The Morgan fingerprint density at radius 2 is 1.93 bits per heavy atom. The van der Waals surface area contributed by atoms with E-state index in [0.29, 0.717) is 40.3 Å². The average molecular weight is 428 g/mol. The third-order valence-electron chi connectivity index (χ3n) is 4.33. The van der Waals surface area contributed by atoms with E-state index in [1.54, 1.807) is 36.5 Å². The van der Waals surface area contributed by atoms with Crippen molar-refractivity contribution in [2.45, 2.75) is 24.4 Å². The summed E-state index contributed by atoms with van der Waals surface area (Å²) in [6.07, 6.45) is 1.74. The minimum Gasteiger partial charge on any atom is -0.486 e. The van der Waals surface area contributed by atoms with Crippen molar-refractivity contribution in [3.8, 4) is 5.75 Å². The summed E-state index contributed by atoms with van der Waals surface area (Å²) >= 11 is 7.35. The summed E-state index contributed by atoms with van der Waals surface area (Å²) < 4.78 is 9.14. The zero-order valence-corrected chi connectivity index (χ0v) is 17.4. The Morgan fingerprint density at radius 3 is 2.72 bits per heavy atom. The predicted molar refractivity (Wildman–Crippen MR) is 113 cm³/mol. The zero-order chi connectivity index (χ0) is 20.4. The normalized spacial score (nSPS) is 11.1. The van der Waals surface area contributed by atoms with E-state index in [1.807, 2.05) is 30.7 Å². The topological polar surface area (TPSA) is 74.3 Å². The van der Waals surface area contributed by atoms with Crippen molar-refractivity contribution >= 4 is 29.0 Å². The molecule has 0 aliphatic heterocycles. The van der Waals surface area contributed by atoms with Gasteiger partial charge >= 0.3 is 0 Å². The lowest BCUT2D eigenvalue weighted by atomic mass is 10.3. The molecule has 0 amide bonds. The van der Waals surface area contributed by atoms with Gasteiger partial charge in [-0.3, -0.25) is 9.20 Å². The first kappa shape index (κ1) is 19.5. The van der Waals surface area contributed by atoms with Crippen LogP contribution >= 0.6 is 23.4 Å². The maximum Gasteiger partial charge on any atom is 0.258 e. The number of halogens is 1. The maximum atomic E-state index is 12.3. The highest BCUT2D eigenvalue weighted by molar-refractivity contribution is 7.98. The summed E-state index contributed by atoms with van der Waals surface area (Å²) in [7, 11) is 1.88. The third-order valence-corrected chi connectivity index (χ3v) is 5.64. The number of nitrogens with zero attached hydrogens (tertiary/aromatic N) is 5. The number of fused-ring (bicyclic) bond motifs is 1. The largest absolute Gasteiger partial charge is 0.486 e. The van der Waals surface area contributed by atoms with Crippen LogP contribution in [-0.2, 0) is 19.4 Å². The van der Waals surface area contributed by atoms with E-state index in [9.17, 15) is 4.79 Å². The molecule has 0 N–H and O–H groups in total. The highest BCUT2D eigenvalue weighted by Gasteiger charge is 2.11. The molecule has 0 fully saturated rings. The molecule has 148 valence electrons. The summed E-state index contributed by atoms with van der Waals surface area (Å²) in [5, 5.41) is 9.80. The van der Waals surface area contributed by atoms with Gasteiger partial charge in [0.05, 0.1) is 5.69 Å². The third kappa shape index (κ3) is 4.44. The summed E-state index contributed by atoms with van der Waals surface area (Å²) in [5.41, 5.74) is 2.30. The second-order valence-corrected chi connectivity index (χ2v) is 7.89. The number of aryl methyl sites for hydroxylation is 1. The summed E-state index contributed by atoms with van der Waals surface area (Å²) in [5.74, 6) is 1.93. The molecule has 0 unspecified atom stereocenters. The van der Waals surface area contributed by atoms with Gasteiger partial charge in [0.2, 0.25) is 0 Å². The van der Waals surface area contributed by atoms with Gasteiger partial charge in [-0.05, 0) is 48.9 Å². The van der Waals surface area contributed by atoms with Crippen LogP contribution in [0, 0.1) is 6.92 Å². The Morgan fingerprint density at radius 1 is 1.14 bits per heavy atom. The van der Waals surface area contributed by atoms with Gasteiger partial charge in [-0.15, -0.1) is 10.2 Å². The minimum atomic E-state index is -0.0966. The highest BCUT2D eigenvalue weighted by atomic mass is 35.5. The first-order valence-electron chi connectivity index (χ1n) is 8.88. The van der Waals surface area contributed by atoms with Crippen molar-refractivity contribution in [1.82, 2.24) is 24.1 Å². The van der Waals surface area contributed by atoms with Crippen molar-refractivity contribution in [2.24, 2.45) is 7.05 Å². The number of thioether (sulfide) groups is 1. The van der Waals surface area contributed by atoms with E-state index in [4.69, 9.17) is 16.3 Å². The molecule has 3 aromatic heterocycles. The zero-order valence-electron chi connectivity index (χ0n) is 15.9. The fourth-order valence-corrected chi connectivity index (χ4v) is 3.69. The molecule has 7 nitrogen and oxygen atoms in total. The average Bonchev–Trinajstić information content (AvgIpc) is 3.05.